The fourth-order valence-electron chi connectivity index (χ4n) is 2.89. The Balaban J connectivity index is 2.23. The van der Waals surface area contributed by atoms with Gasteiger partial charge in [0.25, 0.3) is 0 Å². The first-order valence-electron chi connectivity index (χ1n) is 7.01. The largest absolute Gasteiger partial charge is 0.481 e. The summed E-state index contributed by atoms with van der Waals surface area (Å²) in [6, 6.07) is 0. The molecule has 0 atom stereocenters. The highest BCUT2D eigenvalue weighted by Gasteiger charge is 2.38. The van der Waals surface area contributed by atoms with Gasteiger partial charge in [0.05, 0.1) is 12.1 Å². The highest BCUT2D eigenvalue weighted by molar-refractivity contribution is 5.74. The van der Waals surface area contributed by atoms with E-state index in [1.807, 2.05) is 0 Å². The van der Waals surface area contributed by atoms with Crippen molar-refractivity contribution in [1.29, 1.82) is 0 Å². The molecule has 0 aromatic rings. The first-order valence-corrected chi connectivity index (χ1v) is 7.01. The van der Waals surface area contributed by atoms with E-state index < -0.39 is 11.4 Å². The second-order valence-corrected chi connectivity index (χ2v) is 5.35. The summed E-state index contributed by atoms with van der Waals surface area (Å²) in [5, 5.41) is 9.38. The minimum absolute atomic E-state index is 0.223. The summed E-state index contributed by atoms with van der Waals surface area (Å²) < 4.78 is 11.9. The smallest absolute Gasteiger partial charge is 0.309 e. The summed E-state index contributed by atoms with van der Waals surface area (Å²) >= 11 is 0. The van der Waals surface area contributed by atoms with Crippen LogP contribution in [0.25, 0.3) is 0 Å². The zero-order chi connectivity index (χ0) is 12.6. The van der Waals surface area contributed by atoms with Crippen molar-refractivity contribution in [2.75, 3.05) is 6.67 Å². The summed E-state index contributed by atoms with van der Waals surface area (Å²) in [7, 11) is 0. The number of hydrogen-bond acceptors (Lipinski definition) is 1. The Labute approximate surface area is 104 Å². The predicted molar refractivity (Wildman–Crippen MR) is 66.8 cm³/mol. The number of carboxylic acid groups (broad SMARTS) is 1. The quantitative estimate of drug-likeness (QED) is 0.645. The Morgan fingerprint density at radius 1 is 1.00 bits per heavy atom. The predicted octanol–water partition coefficient (Wildman–Crippen LogP) is 4.33. The Morgan fingerprint density at radius 3 is 2.18 bits per heavy atom. The van der Waals surface area contributed by atoms with Gasteiger partial charge in [0, 0.05) is 0 Å². The third kappa shape index (κ3) is 4.64. The van der Waals surface area contributed by atoms with Gasteiger partial charge in [0.2, 0.25) is 0 Å². The number of hydrogen-bond donors (Lipinski definition) is 1. The summed E-state index contributed by atoms with van der Waals surface area (Å²) in [4.78, 5) is 11.4. The van der Waals surface area contributed by atoms with Gasteiger partial charge in [0.15, 0.2) is 0 Å². The van der Waals surface area contributed by atoms with Crippen LogP contribution in [0.5, 0.6) is 0 Å². The normalized spacial score (nSPS) is 19.1. The lowest BCUT2D eigenvalue weighted by atomic mass is 9.71. The number of carbonyl (C=O) groups is 1. The maximum Gasteiger partial charge on any atom is 0.309 e. The molecule has 0 radical (unpaired) electrons. The molecule has 1 saturated carbocycles. The van der Waals surface area contributed by atoms with Crippen LogP contribution in [0.15, 0.2) is 0 Å². The van der Waals surface area contributed by atoms with Gasteiger partial charge in [-0.1, -0.05) is 44.9 Å². The fourth-order valence-corrected chi connectivity index (χ4v) is 2.89. The maximum absolute atomic E-state index is 11.9. The zero-order valence-electron chi connectivity index (χ0n) is 10.7. The van der Waals surface area contributed by atoms with E-state index in [9.17, 15) is 14.3 Å². The summed E-state index contributed by atoms with van der Waals surface area (Å²) in [5.41, 5.74) is -0.432. The van der Waals surface area contributed by atoms with Gasteiger partial charge in [-0.05, 0) is 25.7 Å². The molecule has 3 heteroatoms. The third-order valence-corrected chi connectivity index (χ3v) is 4.05. The fraction of sp³-hybridized carbons (Fsp3) is 0.929. The van der Waals surface area contributed by atoms with Gasteiger partial charge in [-0.3, -0.25) is 9.18 Å². The van der Waals surface area contributed by atoms with Crippen LogP contribution >= 0.6 is 0 Å². The van der Waals surface area contributed by atoms with Gasteiger partial charge >= 0.3 is 5.97 Å². The van der Waals surface area contributed by atoms with Gasteiger partial charge < -0.3 is 5.11 Å². The topological polar surface area (TPSA) is 37.3 Å². The minimum atomic E-state index is -0.596. The van der Waals surface area contributed by atoms with Crippen molar-refractivity contribution in [2.45, 2.75) is 70.6 Å². The summed E-state index contributed by atoms with van der Waals surface area (Å²) in [6.07, 6.45) is 10.5. The van der Waals surface area contributed by atoms with Crippen LogP contribution in [0, 0.1) is 5.41 Å². The van der Waals surface area contributed by atoms with E-state index in [1.165, 1.54) is 6.42 Å². The number of aliphatic carboxylic acids is 1. The number of halogens is 1. The zero-order valence-corrected chi connectivity index (χ0v) is 10.7. The van der Waals surface area contributed by atoms with Crippen molar-refractivity contribution in [2.24, 2.45) is 5.41 Å². The monoisotopic (exact) mass is 244 g/mol. The van der Waals surface area contributed by atoms with Crippen molar-refractivity contribution in [3.63, 3.8) is 0 Å². The molecule has 0 unspecified atom stereocenters. The standard InChI is InChI=1S/C14H25FO2/c15-12-8-3-1-2-5-9-14(13(16)17)10-6-4-7-11-14/h1-12H2,(H,16,17). The molecule has 0 saturated heterocycles. The Morgan fingerprint density at radius 2 is 1.59 bits per heavy atom. The lowest BCUT2D eigenvalue weighted by Crippen LogP contribution is -2.33. The Bertz CT molecular complexity index is 222. The van der Waals surface area contributed by atoms with E-state index >= 15 is 0 Å². The Hall–Kier alpha value is -0.600. The number of alkyl halides is 1. The average molecular weight is 244 g/mol. The number of rotatable bonds is 8. The van der Waals surface area contributed by atoms with Crippen LogP contribution in [-0.2, 0) is 4.79 Å². The number of carboxylic acids is 1. The molecule has 100 valence electrons. The molecule has 0 aliphatic heterocycles. The molecule has 1 N–H and O–H groups in total. The second kappa shape index (κ2) is 7.67. The van der Waals surface area contributed by atoms with Gasteiger partial charge in [-0.2, -0.15) is 0 Å². The first-order chi connectivity index (χ1) is 8.21. The van der Waals surface area contributed by atoms with Crippen LogP contribution < -0.4 is 0 Å². The first kappa shape index (κ1) is 14.5. The lowest BCUT2D eigenvalue weighted by molar-refractivity contribution is -0.151. The van der Waals surface area contributed by atoms with Crippen LogP contribution in [-0.4, -0.2) is 17.8 Å². The molecule has 0 bridgehead atoms. The SMILES string of the molecule is O=C(O)C1(CCCCCCCF)CCCCC1. The van der Waals surface area contributed by atoms with Crippen molar-refractivity contribution in [3.8, 4) is 0 Å². The van der Waals surface area contributed by atoms with Crippen molar-refractivity contribution < 1.29 is 14.3 Å². The van der Waals surface area contributed by atoms with Crippen LogP contribution in [0.2, 0.25) is 0 Å². The van der Waals surface area contributed by atoms with Crippen LogP contribution in [0.4, 0.5) is 4.39 Å². The highest BCUT2D eigenvalue weighted by atomic mass is 19.1. The van der Waals surface area contributed by atoms with E-state index in [1.54, 1.807) is 0 Å². The van der Waals surface area contributed by atoms with Crippen molar-refractivity contribution in [1.82, 2.24) is 0 Å². The molecular weight excluding hydrogens is 219 g/mol. The molecule has 0 amide bonds. The molecular formula is C14H25FO2. The van der Waals surface area contributed by atoms with E-state index in [-0.39, 0.29) is 6.67 Å². The molecule has 0 aromatic carbocycles. The number of unbranched alkanes of at least 4 members (excludes halogenated alkanes) is 4. The van der Waals surface area contributed by atoms with Gasteiger partial charge in [-0.15, -0.1) is 0 Å². The third-order valence-electron chi connectivity index (χ3n) is 4.05. The van der Waals surface area contributed by atoms with E-state index in [0.717, 1.165) is 57.8 Å². The molecule has 0 heterocycles. The van der Waals surface area contributed by atoms with E-state index in [0.29, 0.717) is 6.42 Å². The average Bonchev–Trinajstić information content (AvgIpc) is 2.34. The van der Waals surface area contributed by atoms with Crippen molar-refractivity contribution in [3.05, 3.63) is 0 Å². The summed E-state index contributed by atoms with van der Waals surface area (Å²) in [6.45, 7) is -0.223. The minimum Gasteiger partial charge on any atom is -0.481 e. The van der Waals surface area contributed by atoms with E-state index in [4.69, 9.17) is 0 Å². The molecule has 17 heavy (non-hydrogen) atoms. The molecule has 1 aliphatic rings. The molecule has 1 aliphatic carbocycles. The maximum atomic E-state index is 11.9. The molecule has 1 fully saturated rings. The van der Waals surface area contributed by atoms with Crippen LogP contribution in [0.3, 0.4) is 0 Å². The molecule has 2 nitrogen and oxygen atoms in total. The summed E-state index contributed by atoms with van der Waals surface area (Å²) in [5.74, 6) is -0.596. The van der Waals surface area contributed by atoms with Crippen molar-refractivity contribution >= 4 is 5.97 Å². The van der Waals surface area contributed by atoms with Gasteiger partial charge in [0.1, 0.15) is 0 Å². The highest BCUT2D eigenvalue weighted by Crippen LogP contribution is 2.40. The lowest BCUT2D eigenvalue weighted by Gasteiger charge is -2.33. The Kier molecular flexibility index (Phi) is 6.53. The van der Waals surface area contributed by atoms with Crippen LogP contribution in [0.1, 0.15) is 70.6 Å². The molecule has 0 spiro atoms. The second-order valence-electron chi connectivity index (χ2n) is 5.35. The van der Waals surface area contributed by atoms with Gasteiger partial charge in [-0.25, -0.2) is 0 Å². The molecule has 1 rings (SSSR count). The van der Waals surface area contributed by atoms with E-state index in [2.05, 4.69) is 0 Å². The molecule has 0 aromatic heterocycles.